The van der Waals surface area contributed by atoms with Gasteiger partial charge in [0.05, 0.1) is 5.56 Å². The molecule has 0 N–H and O–H groups in total. The summed E-state index contributed by atoms with van der Waals surface area (Å²) in [6.07, 6.45) is -4.23. The van der Waals surface area contributed by atoms with Crippen LogP contribution < -0.4 is 0 Å². The predicted molar refractivity (Wildman–Crippen MR) is 95.8 cm³/mol. The van der Waals surface area contributed by atoms with Gasteiger partial charge in [-0.25, -0.2) is 0 Å². The van der Waals surface area contributed by atoms with E-state index in [0.29, 0.717) is 5.92 Å². The molecule has 0 nitrogen and oxygen atoms in total. The molecule has 0 saturated carbocycles. The Morgan fingerprint density at radius 3 is 1.83 bits per heavy atom. The number of hydrogen-bond donors (Lipinski definition) is 0. The second-order valence-electron chi connectivity index (χ2n) is 6.44. The summed E-state index contributed by atoms with van der Waals surface area (Å²) in [5.41, 5.74) is 2.67. The summed E-state index contributed by atoms with van der Waals surface area (Å²) < 4.78 is 36.7. The van der Waals surface area contributed by atoms with Crippen molar-refractivity contribution in [1.29, 1.82) is 0 Å². The van der Waals surface area contributed by atoms with Crippen molar-refractivity contribution in [1.82, 2.24) is 0 Å². The van der Waals surface area contributed by atoms with E-state index in [-0.39, 0.29) is 5.92 Å². The lowest BCUT2D eigenvalue weighted by Crippen LogP contribution is -2.05. The maximum atomic E-state index is 12.2. The normalized spacial score (nSPS) is 11.5. The molecule has 4 heteroatoms. The van der Waals surface area contributed by atoms with Gasteiger partial charge in [-0.15, -0.1) is 0 Å². The molecule has 0 aliphatic carbocycles. The Bertz CT molecular complexity index is 658. The highest BCUT2D eigenvalue weighted by Crippen LogP contribution is 2.30. The van der Waals surface area contributed by atoms with Crippen LogP contribution in [0.3, 0.4) is 0 Å². The molecule has 0 fully saturated rings. The molecule has 2 aromatic carbocycles. The Morgan fingerprint density at radius 2 is 1.38 bits per heavy atom. The zero-order chi connectivity index (χ0) is 18.5. The van der Waals surface area contributed by atoms with Crippen LogP contribution >= 0.6 is 11.6 Å². The number of rotatable bonds is 2. The van der Waals surface area contributed by atoms with Crippen LogP contribution in [0.4, 0.5) is 13.2 Å². The summed E-state index contributed by atoms with van der Waals surface area (Å²) in [5, 5.41) is 0.856. The highest BCUT2D eigenvalue weighted by atomic mass is 35.5. The zero-order valence-corrected chi connectivity index (χ0v) is 15.5. The van der Waals surface area contributed by atoms with Crippen molar-refractivity contribution >= 4 is 11.6 Å². The third-order valence-corrected chi connectivity index (χ3v) is 4.15. The number of halogens is 4. The van der Waals surface area contributed by atoms with Crippen LogP contribution in [0.25, 0.3) is 0 Å². The molecule has 0 aliphatic heterocycles. The van der Waals surface area contributed by atoms with Crippen molar-refractivity contribution in [2.75, 3.05) is 0 Å². The first-order valence-corrected chi connectivity index (χ1v) is 8.33. The molecule has 0 radical (unpaired) electrons. The van der Waals surface area contributed by atoms with Crippen molar-refractivity contribution in [2.45, 2.75) is 52.6 Å². The average Bonchev–Trinajstić information content (AvgIpc) is 2.49. The molecule has 0 amide bonds. The Kier molecular flexibility index (Phi) is 7.34. The second kappa shape index (κ2) is 8.57. The Hall–Kier alpha value is -1.48. The van der Waals surface area contributed by atoms with E-state index in [0.717, 1.165) is 22.2 Å². The van der Waals surface area contributed by atoms with Gasteiger partial charge in [-0.1, -0.05) is 69.6 Å². The highest BCUT2D eigenvalue weighted by Gasteiger charge is 2.30. The van der Waals surface area contributed by atoms with Crippen LogP contribution in [0.5, 0.6) is 0 Å². The molecule has 132 valence electrons. The molecule has 2 rings (SSSR count). The molecular weight excluding hydrogens is 333 g/mol. The van der Waals surface area contributed by atoms with E-state index >= 15 is 0 Å². The molecule has 2 aromatic rings. The average molecular weight is 357 g/mol. The summed E-state index contributed by atoms with van der Waals surface area (Å²) >= 11 is 5.89. The Balaban J connectivity index is 0.000000243. The minimum Gasteiger partial charge on any atom is -0.166 e. The third-order valence-electron chi connectivity index (χ3n) is 3.73. The van der Waals surface area contributed by atoms with Crippen LogP contribution in [-0.4, -0.2) is 0 Å². The van der Waals surface area contributed by atoms with Crippen LogP contribution in [0, 0.1) is 6.92 Å². The molecular formula is C20H24ClF3. The lowest BCUT2D eigenvalue weighted by Gasteiger charge is -2.10. The summed E-state index contributed by atoms with van der Waals surface area (Å²) in [5.74, 6) is 0.716. The molecule has 24 heavy (non-hydrogen) atoms. The van der Waals surface area contributed by atoms with E-state index in [9.17, 15) is 13.2 Å². The minimum absolute atomic E-state index is 0.127. The van der Waals surface area contributed by atoms with Crippen LogP contribution in [0.15, 0.2) is 42.5 Å². The molecule has 0 heterocycles. The van der Waals surface area contributed by atoms with Crippen LogP contribution in [0.2, 0.25) is 5.02 Å². The predicted octanol–water partition coefficient (Wildman–Crippen LogP) is 7.60. The van der Waals surface area contributed by atoms with Gasteiger partial charge in [-0.05, 0) is 47.6 Å². The van der Waals surface area contributed by atoms with Crippen LogP contribution in [0.1, 0.15) is 61.8 Å². The summed E-state index contributed by atoms with van der Waals surface area (Å²) in [6.45, 7) is 10.1. The van der Waals surface area contributed by atoms with E-state index in [2.05, 4.69) is 26.0 Å². The lowest BCUT2D eigenvalue weighted by molar-refractivity contribution is -0.137. The molecule has 0 unspecified atom stereocenters. The highest BCUT2D eigenvalue weighted by molar-refractivity contribution is 6.31. The van der Waals surface area contributed by atoms with Gasteiger partial charge in [0.25, 0.3) is 0 Å². The Morgan fingerprint density at radius 1 is 0.833 bits per heavy atom. The van der Waals surface area contributed by atoms with Gasteiger partial charge >= 0.3 is 6.18 Å². The molecule has 0 aliphatic rings. The van der Waals surface area contributed by atoms with Crippen molar-refractivity contribution in [3.05, 3.63) is 69.7 Å². The quantitative estimate of drug-likeness (QED) is 0.519. The van der Waals surface area contributed by atoms with Crippen molar-refractivity contribution in [2.24, 2.45) is 0 Å². The van der Waals surface area contributed by atoms with Gasteiger partial charge in [0.2, 0.25) is 0 Å². The van der Waals surface area contributed by atoms with E-state index in [1.807, 2.05) is 26.8 Å². The van der Waals surface area contributed by atoms with E-state index in [4.69, 9.17) is 11.6 Å². The first-order chi connectivity index (χ1) is 11.0. The third kappa shape index (κ3) is 6.20. The molecule has 0 atom stereocenters. The fourth-order valence-electron chi connectivity index (χ4n) is 2.10. The fraction of sp³-hybridized carbons (Fsp3) is 0.400. The maximum absolute atomic E-state index is 12.2. The minimum atomic E-state index is -4.23. The molecule has 0 bridgehead atoms. The monoisotopic (exact) mass is 356 g/mol. The standard InChI is InChI=1S/C10H13Cl.C10H11F3/c1-7(2)9-4-5-10(11)8(3)6-9;1-7(2)8-4-3-5-9(6-8)10(11,12)13/h4-7H,1-3H3;3-7H,1-2H3. The fourth-order valence-corrected chi connectivity index (χ4v) is 2.22. The number of hydrogen-bond acceptors (Lipinski definition) is 0. The lowest BCUT2D eigenvalue weighted by atomic mass is 10.0. The maximum Gasteiger partial charge on any atom is 0.416 e. The number of benzene rings is 2. The zero-order valence-electron chi connectivity index (χ0n) is 14.7. The van der Waals surface area contributed by atoms with Crippen molar-refractivity contribution < 1.29 is 13.2 Å². The first kappa shape index (κ1) is 20.6. The van der Waals surface area contributed by atoms with E-state index in [1.54, 1.807) is 6.07 Å². The van der Waals surface area contributed by atoms with Gasteiger partial charge in [-0.3, -0.25) is 0 Å². The first-order valence-electron chi connectivity index (χ1n) is 7.95. The topological polar surface area (TPSA) is 0 Å². The van der Waals surface area contributed by atoms with Gasteiger partial charge < -0.3 is 0 Å². The van der Waals surface area contributed by atoms with Gasteiger partial charge in [0, 0.05) is 5.02 Å². The van der Waals surface area contributed by atoms with Gasteiger partial charge in [-0.2, -0.15) is 13.2 Å². The van der Waals surface area contributed by atoms with Gasteiger partial charge in [0.15, 0.2) is 0 Å². The van der Waals surface area contributed by atoms with Crippen molar-refractivity contribution in [3.8, 4) is 0 Å². The molecule has 0 spiro atoms. The molecule has 0 aromatic heterocycles. The Labute approximate surface area is 147 Å². The second-order valence-corrected chi connectivity index (χ2v) is 6.85. The van der Waals surface area contributed by atoms with E-state index in [1.165, 1.54) is 17.7 Å². The van der Waals surface area contributed by atoms with Crippen LogP contribution in [-0.2, 0) is 6.18 Å². The number of aryl methyl sites for hydroxylation is 1. The summed E-state index contributed by atoms with van der Waals surface area (Å²) in [4.78, 5) is 0. The van der Waals surface area contributed by atoms with E-state index < -0.39 is 11.7 Å². The molecule has 0 saturated heterocycles. The number of alkyl halides is 3. The van der Waals surface area contributed by atoms with Crippen molar-refractivity contribution in [3.63, 3.8) is 0 Å². The van der Waals surface area contributed by atoms with Gasteiger partial charge in [0.1, 0.15) is 0 Å². The smallest absolute Gasteiger partial charge is 0.166 e. The summed E-state index contributed by atoms with van der Waals surface area (Å²) in [7, 11) is 0. The largest absolute Gasteiger partial charge is 0.416 e. The SMILES string of the molecule is CC(C)c1cccc(C(F)(F)F)c1.Cc1cc(C(C)C)ccc1Cl. The summed E-state index contributed by atoms with van der Waals surface area (Å²) in [6, 6.07) is 11.6.